The van der Waals surface area contributed by atoms with Gasteiger partial charge in [0, 0.05) is 30.2 Å². The van der Waals surface area contributed by atoms with E-state index in [1.165, 1.54) is 0 Å². The molecule has 3 N–H and O–H groups in total. The molecule has 0 saturated carbocycles. The van der Waals surface area contributed by atoms with Gasteiger partial charge in [0.05, 0.1) is 0 Å². The highest BCUT2D eigenvalue weighted by atomic mass is 16.1. The van der Waals surface area contributed by atoms with Crippen LogP contribution in [-0.2, 0) is 12.8 Å². The molecule has 2 heterocycles. The van der Waals surface area contributed by atoms with Crippen molar-refractivity contribution in [3.63, 3.8) is 0 Å². The van der Waals surface area contributed by atoms with Gasteiger partial charge >= 0.3 is 0 Å². The first-order valence-corrected chi connectivity index (χ1v) is 7.12. The smallest absolute Gasteiger partial charge is 0.251 e. The average molecular weight is 284 g/mol. The SMILES string of the molecule is CCCc1cc(C(=O)NCCc2cccnc2)cc(N)n1. The molecule has 5 nitrogen and oxygen atoms in total. The van der Waals surface area contributed by atoms with Crippen LogP contribution < -0.4 is 11.1 Å². The van der Waals surface area contributed by atoms with Crippen molar-refractivity contribution in [1.29, 1.82) is 0 Å². The van der Waals surface area contributed by atoms with Gasteiger partial charge in [-0.3, -0.25) is 9.78 Å². The molecule has 0 aromatic carbocycles. The fraction of sp³-hybridized carbons (Fsp3) is 0.312. The molecule has 5 heteroatoms. The second kappa shape index (κ2) is 7.38. The van der Waals surface area contributed by atoms with E-state index in [0.29, 0.717) is 17.9 Å². The highest BCUT2D eigenvalue weighted by molar-refractivity contribution is 5.94. The van der Waals surface area contributed by atoms with E-state index in [4.69, 9.17) is 5.73 Å². The number of anilines is 1. The third-order valence-corrected chi connectivity index (χ3v) is 3.09. The minimum Gasteiger partial charge on any atom is -0.384 e. The maximum Gasteiger partial charge on any atom is 0.251 e. The highest BCUT2D eigenvalue weighted by Gasteiger charge is 2.08. The molecule has 2 aromatic rings. The van der Waals surface area contributed by atoms with Gasteiger partial charge in [-0.2, -0.15) is 0 Å². The molecule has 0 saturated heterocycles. The number of carbonyl (C=O) groups is 1. The quantitative estimate of drug-likeness (QED) is 0.850. The summed E-state index contributed by atoms with van der Waals surface area (Å²) in [6, 6.07) is 7.29. The van der Waals surface area contributed by atoms with Gasteiger partial charge in [0.15, 0.2) is 0 Å². The minimum absolute atomic E-state index is 0.120. The molecule has 0 atom stereocenters. The molecule has 0 aliphatic heterocycles. The minimum atomic E-state index is -0.120. The lowest BCUT2D eigenvalue weighted by molar-refractivity contribution is 0.0954. The highest BCUT2D eigenvalue weighted by Crippen LogP contribution is 2.09. The molecule has 0 spiro atoms. The number of pyridine rings is 2. The monoisotopic (exact) mass is 284 g/mol. The fourth-order valence-electron chi connectivity index (χ4n) is 2.09. The number of rotatable bonds is 6. The zero-order valence-corrected chi connectivity index (χ0v) is 12.2. The first kappa shape index (κ1) is 15.0. The van der Waals surface area contributed by atoms with Crippen molar-refractivity contribution in [3.05, 3.63) is 53.5 Å². The van der Waals surface area contributed by atoms with E-state index in [1.807, 2.05) is 12.1 Å². The normalized spacial score (nSPS) is 10.3. The van der Waals surface area contributed by atoms with Crippen LogP contribution in [0.25, 0.3) is 0 Å². The summed E-state index contributed by atoms with van der Waals surface area (Å²) in [6.45, 7) is 2.63. The van der Waals surface area contributed by atoms with Crippen LogP contribution in [0.3, 0.4) is 0 Å². The van der Waals surface area contributed by atoms with Crippen molar-refractivity contribution >= 4 is 11.7 Å². The Morgan fingerprint density at radius 1 is 1.33 bits per heavy atom. The van der Waals surface area contributed by atoms with Crippen LogP contribution in [0.1, 0.15) is 35.0 Å². The molecule has 0 aliphatic rings. The van der Waals surface area contributed by atoms with Crippen molar-refractivity contribution < 1.29 is 4.79 Å². The van der Waals surface area contributed by atoms with Crippen LogP contribution in [0.5, 0.6) is 0 Å². The number of hydrogen-bond acceptors (Lipinski definition) is 4. The number of carbonyl (C=O) groups excluding carboxylic acids is 1. The molecule has 2 rings (SSSR count). The lowest BCUT2D eigenvalue weighted by Crippen LogP contribution is -2.26. The summed E-state index contributed by atoms with van der Waals surface area (Å²) >= 11 is 0. The molecule has 0 aliphatic carbocycles. The van der Waals surface area contributed by atoms with Crippen LogP contribution in [0, 0.1) is 0 Å². The number of nitrogens with one attached hydrogen (secondary N) is 1. The van der Waals surface area contributed by atoms with Crippen LogP contribution in [0.2, 0.25) is 0 Å². The van der Waals surface area contributed by atoms with Crippen LogP contribution in [-0.4, -0.2) is 22.4 Å². The number of nitrogens with zero attached hydrogens (tertiary/aromatic N) is 2. The Hall–Kier alpha value is -2.43. The number of nitrogen functional groups attached to an aromatic ring is 1. The van der Waals surface area contributed by atoms with Crippen molar-refractivity contribution in [3.8, 4) is 0 Å². The Bertz CT molecular complexity index is 598. The third-order valence-electron chi connectivity index (χ3n) is 3.09. The van der Waals surface area contributed by atoms with Gasteiger partial charge in [0.1, 0.15) is 5.82 Å². The van der Waals surface area contributed by atoms with E-state index in [9.17, 15) is 4.79 Å². The molecule has 0 bridgehead atoms. The van der Waals surface area contributed by atoms with E-state index in [0.717, 1.165) is 30.5 Å². The maximum atomic E-state index is 12.1. The number of hydrogen-bond donors (Lipinski definition) is 2. The van der Waals surface area contributed by atoms with Gasteiger partial charge in [-0.05, 0) is 36.6 Å². The fourth-order valence-corrected chi connectivity index (χ4v) is 2.09. The number of amides is 1. The van der Waals surface area contributed by atoms with Crippen molar-refractivity contribution in [1.82, 2.24) is 15.3 Å². The number of aromatic nitrogens is 2. The van der Waals surface area contributed by atoms with Crippen molar-refractivity contribution in [2.24, 2.45) is 0 Å². The summed E-state index contributed by atoms with van der Waals surface area (Å²) in [7, 11) is 0. The molecule has 21 heavy (non-hydrogen) atoms. The summed E-state index contributed by atoms with van der Waals surface area (Å²) in [5.41, 5.74) is 8.27. The standard InChI is InChI=1S/C16H20N4O/c1-2-4-14-9-13(10-15(17)20-14)16(21)19-8-6-12-5-3-7-18-11-12/h3,5,7,9-11H,2,4,6,8H2,1H3,(H2,17,20)(H,19,21). The Kier molecular flexibility index (Phi) is 5.26. The van der Waals surface area contributed by atoms with Gasteiger partial charge < -0.3 is 11.1 Å². The van der Waals surface area contributed by atoms with E-state index in [1.54, 1.807) is 24.5 Å². The number of nitrogens with two attached hydrogens (primary N) is 1. The Morgan fingerprint density at radius 3 is 2.90 bits per heavy atom. The zero-order chi connectivity index (χ0) is 15.1. The Labute approximate surface area is 124 Å². The topological polar surface area (TPSA) is 80.9 Å². The Morgan fingerprint density at radius 2 is 2.19 bits per heavy atom. The van der Waals surface area contributed by atoms with Crippen molar-refractivity contribution in [2.45, 2.75) is 26.2 Å². The second-order valence-corrected chi connectivity index (χ2v) is 4.89. The van der Waals surface area contributed by atoms with E-state index >= 15 is 0 Å². The summed E-state index contributed by atoms with van der Waals surface area (Å²) in [6.07, 6.45) is 6.08. The first-order valence-electron chi connectivity index (χ1n) is 7.12. The molecule has 0 unspecified atom stereocenters. The molecule has 110 valence electrons. The molecule has 0 radical (unpaired) electrons. The predicted molar refractivity (Wildman–Crippen MR) is 82.9 cm³/mol. The molecular formula is C16H20N4O. The lowest BCUT2D eigenvalue weighted by Gasteiger charge is -2.07. The Balaban J connectivity index is 1.94. The van der Waals surface area contributed by atoms with Crippen LogP contribution in [0.15, 0.2) is 36.7 Å². The third kappa shape index (κ3) is 4.56. The number of aryl methyl sites for hydroxylation is 1. The largest absolute Gasteiger partial charge is 0.384 e. The summed E-state index contributed by atoms with van der Waals surface area (Å²) in [4.78, 5) is 20.4. The van der Waals surface area contributed by atoms with Crippen LogP contribution >= 0.6 is 0 Å². The van der Waals surface area contributed by atoms with Gasteiger partial charge in [-0.1, -0.05) is 19.4 Å². The first-order chi connectivity index (χ1) is 10.2. The van der Waals surface area contributed by atoms with Crippen molar-refractivity contribution in [2.75, 3.05) is 12.3 Å². The average Bonchev–Trinajstić information content (AvgIpc) is 2.48. The molecule has 2 aromatic heterocycles. The summed E-state index contributed by atoms with van der Waals surface area (Å²) in [5.74, 6) is 0.267. The van der Waals surface area contributed by atoms with E-state index in [2.05, 4.69) is 22.2 Å². The molecule has 1 amide bonds. The molecule has 0 fully saturated rings. The van der Waals surface area contributed by atoms with Crippen LogP contribution in [0.4, 0.5) is 5.82 Å². The van der Waals surface area contributed by atoms with E-state index < -0.39 is 0 Å². The van der Waals surface area contributed by atoms with E-state index in [-0.39, 0.29) is 5.91 Å². The van der Waals surface area contributed by atoms with Gasteiger partial charge in [0.25, 0.3) is 5.91 Å². The zero-order valence-electron chi connectivity index (χ0n) is 12.2. The predicted octanol–water partition coefficient (Wildman–Crippen LogP) is 1.98. The maximum absolute atomic E-state index is 12.1. The molecular weight excluding hydrogens is 264 g/mol. The second-order valence-electron chi connectivity index (χ2n) is 4.89. The summed E-state index contributed by atoms with van der Waals surface area (Å²) < 4.78 is 0. The van der Waals surface area contributed by atoms with Gasteiger partial charge in [0.2, 0.25) is 0 Å². The lowest BCUT2D eigenvalue weighted by atomic mass is 10.1. The summed E-state index contributed by atoms with van der Waals surface area (Å²) in [5, 5.41) is 2.89. The van der Waals surface area contributed by atoms with Gasteiger partial charge in [-0.25, -0.2) is 4.98 Å². The van der Waals surface area contributed by atoms with Gasteiger partial charge in [-0.15, -0.1) is 0 Å².